The molecule has 0 spiro atoms. The Morgan fingerprint density at radius 1 is 1.05 bits per heavy atom. The fraction of sp³-hybridized carbons (Fsp3) is 0.250. The molecule has 1 rings (SSSR count). The Hall–Kier alpha value is -2.57. The molecule has 3 amide bonds. The minimum atomic E-state index is -0.844. The molecule has 7 heteroatoms. The highest BCUT2D eigenvalue weighted by Gasteiger charge is 2.05. The highest BCUT2D eigenvalue weighted by Crippen LogP contribution is 2.11. The highest BCUT2D eigenvalue weighted by atomic mass is 16.5. The SMILES string of the molecule is NC(=O)CCC(=O)Nc1ccc(COC(N)=O)cc1. The Morgan fingerprint density at radius 2 is 1.68 bits per heavy atom. The molecule has 0 bridgehead atoms. The molecule has 0 unspecified atom stereocenters. The van der Waals surface area contributed by atoms with E-state index >= 15 is 0 Å². The number of hydrogen-bond donors (Lipinski definition) is 3. The predicted molar refractivity (Wildman–Crippen MR) is 67.9 cm³/mol. The number of anilines is 1. The first kappa shape index (κ1) is 14.5. The molecule has 0 aliphatic carbocycles. The molecule has 5 N–H and O–H groups in total. The second-order valence-corrected chi connectivity index (χ2v) is 3.82. The van der Waals surface area contributed by atoms with Gasteiger partial charge in [-0.2, -0.15) is 0 Å². The number of ether oxygens (including phenoxy) is 1. The molecule has 0 saturated carbocycles. The smallest absolute Gasteiger partial charge is 0.404 e. The standard InChI is InChI=1S/C12H15N3O4/c13-10(16)5-6-11(17)15-9-3-1-8(2-4-9)7-19-12(14)18/h1-4H,5-7H2,(H2,13,16)(H2,14,18)(H,15,17). The maximum atomic E-state index is 11.4. The van der Waals surface area contributed by atoms with Gasteiger partial charge in [0.25, 0.3) is 0 Å². The van der Waals surface area contributed by atoms with Crippen molar-refractivity contribution in [3.63, 3.8) is 0 Å². The molecular weight excluding hydrogens is 250 g/mol. The Bertz CT molecular complexity index is 470. The van der Waals surface area contributed by atoms with Crippen molar-refractivity contribution in [1.29, 1.82) is 0 Å². The van der Waals surface area contributed by atoms with Gasteiger partial charge in [0.1, 0.15) is 6.61 Å². The van der Waals surface area contributed by atoms with Crippen molar-refractivity contribution >= 4 is 23.6 Å². The van der Waals surface area contributed by atoms with Crippen LogP contribution >= 0.6 is 0 Å². The summed E-state index contributed by atoms with van der Waals surface area (Å²) in [5.74, 6) is -0.811. The van der Waals surface area contributed by atoms with Gasteiger partial charge in [-0.15, -0.1) is 0 Å². The second-order valence-electron chi connectivity index (χ2n) is 3.82. The van der Waals surface area contributed by atoms with Crippen LogP contribution in [0.25, 0.3) is 0 Å². The number of amides is 3. The summed E-state index contributed by atoms with van der Waals surface area (Å²) < 4.78 is 4.61. The summed E-state index contributed by atoms with van der Waals surface area (Å²) in [6.45, 7) is 0.0746. The van der Waals surface area contributed by atoms with E-state index in [4.69, 9.17) is 11.5 Å². The fourth-order valence-electron chi connectivity index (χ4n) is 1.30. The van der Waals surface area contributed by atoms with E-state index in [0.29, 0.717) is 5.69 Å². The molecular formula is C12H15N3O4. The molecule has 0 atom stereocenters. The predicted octanol–water partition coefficient (Wildman–Crippen LogP) is 0.486. The van der Waals surface area contributed by atoms with Gasteiger partial charge in [-0.1, -0.05) is 12.1 Å². The average Bonchev–Trinajstić information content (AvgIpc) is 2.35. The van der Waals surface area contributed by atoms with Crippen LogP contribution in [-0.4, -0.2) is 17.9 Å². The summed E-state index contributed by atoms with van der Waals surface area (Å²) in [5, 5.41) is 2.61. The van der Waals surface area contributed by atoms with Crippen molar-refractivity contribution in [2.45, 2.75) is 19.4 Å². The van der Waals surface area contributed by atoms with Crippen molar-refractivity contribution in [2.24, 2.45) is 11.5 Å². The minimum Gasteiger partial charge on any atom is -0.445 e. The van der Waals surface area contributed by atoms with Gasteiger partial charge in [0, 0.05) is 18.5 Å². The zero-order valence-electron chi connectivity index (χ0n) is 10.2. The minimum absolute atomic E-state index is 0.0103. The van der Waals surface area contributed by atoms with Gasteiger partial charge < -0.3 is 21.5 Å². The maximum Gasteiger partial charge on any atom is 0.404 e. The van der Waals surface area contributed by atoms with Crippen LogP contribution in [0.4, 0.5) is 10.5 Å². The van der Waals surface area contributed by atoms with Crippen molar-refractivity contribution < 1.29 is 19.1 Å². The summed E-state index contributed by atoms with van der Waals surface area (Å²) in [7, 11) is 0. The first-order valence-electron chi connectivity index (χ1n) is 5.56. The van der Waals surface area contributed by atoms with Crippen molar-refractivity contribution in [3.8, 4) is 0 Å². The molecule has 0 saturated heterocycles. The monoisotopic (exact) mass is 265 g/mol. The number of carbonyl (C=O) groups excluding carboxylic acids is 3. The van der Waals surface area contributed by atoms with E-state index in [1.165, 1.54) is 0 Å². The number of benzene rings is 1. The number of nitrogens with two attached hydrogens (primary N) is 2. The highest BCUT2D eigenvalue weighted by molar-refractivity contribution is 5.92. The third-order valence-electron chi connectivity index (χ3n) is 2.22. The van der Waals surface area contributed by atoms with Crippen LogP contribution in [0.15, 0.2) is 24.3 Å². The third-order valence-corrected chi connectivity index (χ3v) is 2.22. The summed E-state index contributed by atoms with van der Waals surface area (Å²) in [4.78, 5) is 32.3. The molecule has 102 valence electrons. The summed E-state index contributed by atoms with van der Waals surface area (Å²) >= 11 is 0. The zero-order chi connectivity index (χ0) is 14.3. The lowest BCUT2D eigenvalue weighted by Crippen LogP contribution is -2.17. The molecule has 1 aromatic rings. The number of carbonyl (C=O) groups is 3. The van der Waals surface area contributed by atoms with E-state index in [9.17, 15) is 14.4 Å². The van der Waals surface area contributed by atoms with E-state index < -0.39 is 12.0 Å². The van der Waals surface area contributed by atoms with Crippen molar-refractivity contribution in [1.82, 2.24) is 0 Å². The molecule has 0 aliphatic heterocycles. The van der Waals surface area contributed by atoms with E-state index in [2.05, 4.69) is 10.1 Å². The van der Waals surface area contributed by atoms with Gasteiger partial charge in [0.2, 0.25) is 11.8 Å². The number of primary amides is 2. The molecule has 0 radical (unpaired) electrons. The van der Waals surface area contributed by atoms with Gasteiger partial charge in [-0.25, -0.2) is 4.79 Å². The van der Waals surface area contributed by atoms with Gasteiger partial charge in [0.05, 0.1) is 0 Å². The van der Waals surface area contributed by atoms with Crippen molar-refractivity contribution in [3.05, 3.63) is 29.8 Å². The Labute approximate surface area is 109 Å². The van der Waals surface area contributed by atoms with Gasteiger partial charge >= 0.3 is 6.09 Å². The molecule has 0 aromatic heterocycles. The summed E-state index contributed by atoms with van der Waals surface area (Å²) in [5.41, 5.74) is 11.1. The lowest BCUT2D eigenvalue weighted by Gasteiger charge is -2.06. The van der Waals surface area contributed by atoms with Crippen LogP contribution in [0.3, 0.4) is 0 Å². The Morgan fingerprint density at radius 3 is 2.21 bits per heavy atom. The van der Waals surface area contributed by atoms with E-state index in [0.717, 1.165) is 5.56 Å². The van der Waals surface area contributed by atoms with Gasteiger partial charge in [-0.3, -0.25) is 9.59 Å². The fourth-order valence-corrected chi connectivity index (χ4v) is 1.30. The molecule has 0 heterocycles. The molecule has 0 fully saturated rings. The largest absolute Gasteiger partial charge is 0.445 e. The van der Waals surface area contributed by atoms with E-state index in [1.807, 2.05) is 0 Å². The number of rotatable bonds is 6. The molecule has 0 aliphatic rings. The van der Waals surface area contributed by atoms with Crippen LogP contribution in [0.2, 0.25) is 0 Å². The van der Waals surface area contributed by atoms with Crippen LogP contribution in [0, 0.1) is 0 Å². The van der Waals surface area contributed by atoms with Gasteiger partial charge in [0.15, 0.2) is 0 Å². The lowest BCUT2D eigenvalue weighted by atomic mass is 10.2. The van der Waals surface area contributed by atoms with Crippen LogP contribution in [0.1, 0.15) is 18.4 Å². The molecule has 19 heavy (non-hydrogen) atoms. The molecule has 1 aromatic carbocycles. The van der Waals surface area contributed by atoms with Crippen LogP contribution in [0.5, 0.6) is 0 Å². The first-order valence-corrected chi connectivity index (χ1v) is 5.56. The Kier molecular flexibility index (Phi) is 5.34. The number of nitrogens with one attached hydrogen (secondary N) is 1. The van der Waals surface area contributed by atoms with Crippen LogP contribution < -0.4 is 16.8 Å². The topological polar surface area (TPSA) is 125 Å². The Balaban J connectivity index is 2.45. The quantitative estimate of drug-likeness (QED) is 0.692. The normalized spacial score (nSPS) is 9.68. The zero-order valence-corrected chi connectivity index (χ0v) is 10.2. The van der Waals surface area contributed by atoms with Crippen molar-refractivity contribution in [2.75, 3.05) is 5.32 Å². The second kappa shape index (κ2) is 7.00. The van der Waals surface area contributed by atoms with E-state index in [1.54, 1.807) is 24.3 Å². The summed E-state index contributed by atoms with van der Waals surface area (Å²) in [6, 6.07) is 6.68. The molecule has 7 nitrogen and oxygen atoms in total. The van der Waals surface area contributed by atoms with Gasteiger partial charge in [-0.05, 0) is 17.7 Å². The third kappa shape index (κ3) is 6.06. The summed E-state index contributed by atoms with van der Waals surface area (Å²) in [6.07, 6.45) is -0.790. The number of hydrogen-bond acceptors (Lipinski definition) is 4. The van der Waals surface area contributed by atoms with Crippen LogP contribution in [-0.2, 0) is 20.9 Å². The lowest BCUT2D eigenvalue weighted by molar-refractivity contribution is -0.122. The van der Waals surface area contributed by atoms with E-state index in [-0.39, 0.29) is 25.4 Å². The first-order chi connectivity index (χ1) is 8.97. The maximum absolute atomic E-state index is 11.4. The average molecular weight is 265 g/mol.